The number of rotatable bonds is 3. The van der Waals surface area contributed by atoms with Crippen LogP contribution in [0.15, 0.2) is 12.1 Å². The lowest BCUT2D eigenvalue weighted by Gasteiger charge is -2.27. The van der Waals surface area contributed by atoms with Crippen LogP contribution in [0.4, 0.5) is 13.2 Å². The van der Waals surface area contributed by atoms with E-state index in [0.717, 1.165) is 37.8 Å². The number of carboxylic acid groups (broad SMARTS) is 1. The Hall–Kier alpha value is -2.12. The summed E-state index contributed by atoms with van der Waals surface area (Å²) in [7, 11) is 0. The molecule has 8 heteroatoms. The van der Waals surface area contributed by atoms with E-state index in [-0.39, 0.29) is 11.3 Å². The van der Waals surface area contributed by atoms with Gasteiger partial charge in [0.2, 0.25) is 0 Å². The molecule has 2 N–H and O–H groups in total. The lowest BCUT2D eigenvalue weighted by atomic mass is 9.86. The van der Waals surface area contributed by atoms with Crippen LogP contribution in [0.5, 0.6) is 0 Å². The number of aryl methyl sites for hydroxylation is 1. The molecule has 2 rings (SSSR count). The quantitative estimate of drug-likeness (QED) is 0.866. The van der Waals surface area contributed by atoms with E-state index < -0.39 is 35.7 Å². The molecule has 2 unspecified atom stereocenters. The first-order valence-electron chi connectivity index (χ1n) is 8.28. The van der Waals surface area contributed by atoms with Crippen molar-refractivity contribution in [3.63, 3.8) is 0 Å². The summed E-state index contributed by atoms with van der Waals surface area (Å²) in [4.78, 5) is 27.4. The number of amides is 1. The molecule has 0 saturated heterocycles. The van der Waals surface area contributed by atoms with Gasteiger partial charge in [0.25, 0.3) is 5.91 Å². The van der Waals surface area contributed by atoms with Gasteiger partial charge in [0.15, 0.2) is 0 Å². The molecule has 1 aromatic heterocycles. The molecule has 138 valence electrons. The number of hydrogen-bond donors (Lipinski definition) is 2. The SMILES string of the molecule is Cc1nc(C(F)(F)F)ccc1C(=O)NC1CCCCCCC1C(=O)O. The second-order valence-electron chi connectivity index (χ2n) is 6.34. The molecule has 0 aromatic carbocycles. The average molecular weight is 358 g/mol. The Bertz CT molecular complexity index is 647. The number of hydrogen-bond acceptors (Lipinski definition) is 3. The van der Waals surface area contributed by atoms with Crippen molar-refractivity contribution in [3.8, 4) is 0 Å². The highest BCUT2D eigenvalue weighted by atomic mass is 19.4. The van der Waals surface area contributed by atoms with E-state index in [9.17, 15) is 27.9 Å². The second-order valence-corrected chi connectivity index (χ2v) is 6.34. The first-order valence-corrected chi connectivity index (χ1v) is 8.28. The van der Waals surface area contributed by atoms with Gasteiger partial charge in [-0.25, -0.2) is 4.98 Å². The fourth-order valence-corrected chi connectivity index (χ4v) is 3.16. The summed E-state index contributed by atoms with van der Waals surface area (Å²) >= 11 is 0. The fraction of sp³-hybridized carbons (Fsp3) is 0.588. The van der Waals surface area contributed by atoms with E-state index in [4.69, 9.17) is 0 Å². The number of aliphatic carboxylic acids is 1. The second kappa shape index (κ2) is 7.84. The summed E-state index contributed by atoms with van der Waals surface area (Å²) in [5.41, 5.74) is -1.07. The fourth-order valence-electron chi connectivity index (χ4n) is 3.16. The Morgan fingerprint density at radius 3 is 2.36 bits per heavy atom. The minimum Gasteiger partial charge on any atom is -0.481 e. The van der Waals surface area contributed by atoms with E-state index in [1.807, 2.05) is 0 Å². The zero-order valence-electron chi connectivity index (χ0n) is 13.9. The number of alkyl halides is 3. The predicted octanol–water partition coefficient (Wildman–Crippen LogP) is 3.56. The number of halogens is 3. The molecule has 0 bridgehead atoms. The van der Waals surface area contributed by atoms with Crippen LogP contribution in [-0.2, 0) is 11.0 Å². The normalized spacial score (nSPS) is 21.9. The summed E-state index contributed by atoms with van der Waals surface area (Å²) in [6, 6.07) is 1.31. The van der Waals surface area contributed by atoms with E-state index in [0.29, 0.717) is 12.8 Å². The molecule has 2 atom stereocenters. The zero-order chi connectivity index (χ0) is 18.6. The monoisotopic (exact) mass is 358 g/mol. The molecule has 1 fully saturated rings. The molecular weight excluding hydrogens is 337 g/mol. The molecule has 5 nitrogen and oxygen atoms in total. The lowest BCUT2D eigenvalue weighted by molar-refractivity contribution is -0.143. The Kier molecular flexibility index (Phi) is 6.02. The van der Waals surface area contributed by atoms with E-state index in [2.05, 4.69) is 10.3 Å². The topological polar surface area (TPSA) is 79.3 Å². The Morgan fingerprint density at radius 1 is 1.16 bits per heavy atom. The van der Waals surface area contributed by atoms with Gasteiger partial charge in [-0.05, 0) is 31.9 Å². The third-order valence-corrected chi connectivity index (χ3v) is 4.52. The van der Waals surface area contributed by atoms with Crippen molar-refractivity contribution in [2.24, 2.45) is 5.92 Å². The highest BCUT2D eigenvalue weighted by Gasteiger charge is 2.34. The van der Waals surface area contributed by atoms with Crippen LogP contribution in [0.25, 0.3) is 0 Å². The molecule has 0 radical (unpaired) electrons. The van der Waals surface area contributed by atoms with Crippen molar-refractivity contribution in [3.05, 3.63) is 29.1 Å². The smallest absolute Gasteiger partial charge is 0.433 e. The zero-order valence-corrected chi connectivity index (χ0v) is 13.9. The van der Waals surface area contributed by atoms with Crippen molar-refractivity contribution < 1.29 is 27.9 Å². The van der Waals surface area contributed by atoms with Gasteiger partial charge in [0, 0.05) is 6.04 Å². The van der Waals surface area contributed by atoms with Crippen molar-refractivity contribution in [2.75, 3.05) is 0 Å². The molecule has 25 heavy (non-hydrogen) atoms. The number of pyridine rings is 1. The summed E-state index contributed by atoms with van der Waals surface area (Å²) in [5, 5.41) is 12.1. The van der Waals surface area contributed by atoms with Crippen LogP contribution >= 0.6 is 0 Å². The highest BCUT2D eigenvalue weighted by Crippen LogP contribution is 2.28. The molecule has 1 aliphatic rings. The number of carbonyl (C=O) groups is 2. The maximum atomic E-state index is 12.7. The third kappa shape index (κ3) is 4.93. The Balaban J connectivity index is 2.17. The largest absolute Gasteiger partial charge is 0.481 e. The van der Waals surface area contributed by atoms with Gasteiger partial charge in [-0.3, -0.25) is 9.59 Å². The van der Waals surface area contributed by atoms with E-state index in [1.54, 1.807) is 0 Å². The number of nitrogens with one attached hydrogen (secondary N) is 1. The number of carbonyl (C=O) groups excluding carboxylic acids is 1. The van der Waals surface area contributed by atoms with Crippen LogP contribution in [0, 0.1) is 12.8 Å². The highest BCUT2D eigenvalue weighted by molar-refractivity contribution is 5.95. The predicted molar refractivity (Wildman–Crippen MR) is 84.1 cm³/mol. The number of aromatic nitrogens is 1. The molecule has 1 aliphatic carbocycles. The molecule has 1 saturated carbocycles. The molecule has 1 heterocycles. The van der Waals surface area contributed by atoms with Gasteiger partial charge in [-0.2, -0.15) is 13.2 Å². The minimum absolute atomic E-state index is 0.0270. The van der Waals surface area contributed by atoms with Crippen LogP contribution < -0.4 is 5.32 Å². The molecular formula is C17H21F3N2O3. The van der Waals surface area contributed by atoms with Crippen LogP contribution in [0.3, 0.4) is 0 Å². The summed E-state index contributed by atoms with van der Waals surface area (Å²) in [6.07, 6.45) is -0.0385. The van der Waals surface area contributed by atoms with Gasteiger partial charge in [-0.1, -0.05) is 25.7 Å². The molecule has 0 aliphatic heterocycles. The van der Waals surface area contributed by atoms with Crippen molar-refractivity contribution in [2.45, 2.75) is 57.7 Å². The van der Waals surface area contributed by atoms with Crippen LogP contribution in [0.2, 0.25) is 0 Å². The van der Waals surface area contributed by atoms with E-state index >= 15 is 0 Å². The standard InChI is InChI=1S/C17H21F3N2O3/c1-10-11(8-9-14(21-10)17(18,19)20)15(23)22-13-7-5-3-2-4-6-12(13)16(24)25/h8-9,12-13H,2-7H2,1H3,(H,22,23)(H,24,25). The van der Waals surface area contributed by atoms with Gasteiger partial charge in [0.05, 0.1) is 17.2 Å². The third-order valence-electron chi connectivity index (χ3n) is 4.52. The van der Waals surface area contributed by atoms with Gasteiger partial charge >= 0.3 is 12.1 Å². The van der Waals surface area contributed by atoms with E-state index in [1.165, 1.54) is 6.92 Å². The number of nitrogens with zero attached hydrogens (tertiary/aromatic N) is 1. The van der Waals surface area contributed by atoms with Crippen LogP contribution in [-0.4, -0.2) is 28.0 Å². The maximum absolute atomic E-state index is 12.7. The average Bonchev–Trinajstić information content (AvgIpc) is 2.48. The van der Waals surface area contributed by atoms with Gasteiger partial charge in [0.1, 0.15) is 5.69 Å². The first kappa shape index (κ1) is 19.2. The molecule has 0 spiro atoms. The molecule has 1 amide bonds. The Morgan fingerprint density at radius 2 is 1.80 bits per heavy atom. The van der Waals surface area contributed by atoms with Gasteiger partial charge < -0.3 is 10.4 Å². The maximum Gasteiger partial charge on any atom is 0.433 e. The summed E-state index contributed by atoms with van der Waals surface area (Å²) in [6.45, 7) is 1.33. The summed E-state index contributed by atoms with van der Waals surface area (Å²) in [5.74, 6) is -2.24. The molecule has 1 aromatic rings. The minimum atomic E-state index is -4.58. The van der Waals surface area contributed by atoms with Crippen LogP contribution in [0.1, 0.15) is 60.3 Å². The Labute approximate surface area is 143 Å². The lowest BCUT2D eigenvalue weighted by Crippen LogP contribution is -2.44. The van der Waals surface area contributed by atoms with Crippen molar-refractivity contribution >= 4 is 11.9 Å². The number of carboxylic acids is 1. The van der Waals surface area contributed by atoms with Crippen molar-refractivity contribution in [1.29, 1.82) is 0 Å². The van der Waals surface area contributed by atoms with Crippen molar-refractivity contribution in [1.82, 2.24) is 10.3 Å². The summed E-state index contributed by atoms with van der Waals surface area (Å²) < 4.78 is 38.0. The first-order chi connectivity index (χ1) is 11.7. The van der Waals surface area contributed by atoms with Gasteiger partial charge in [-0.15, -0.1) is 0 Å².